The Kier molecular flexibility index (Phi) is 8.70. The molecule has 1 heterocycles. The van der Waals surface area contributed by atoms with Crippen LogP contribution in [0.1, 0.15) is 19.4 Å². The first-order chi connectivity index (χ1) is 15.7. The van der Waals surface area contributed by atoms with Crippen LogP contribution in [0.5, 0.6) is 5.75 Å². The van der Waals surface area contributed by atoms with Crippen LogP contribution >= 0.6 is 23.1 Å². The number of hydrogen-bond donors (Lipinski definition) is 1. The Morgan fingerprint density at radius 1 is 1.12 bits per heavy atom. The summed E-state index contributed by atoms with van der Waals surface area (Å²) in [4.78, 5) is 12.5. The standard InChI is InChI=1S/C22H26N4O4S3/c1-16(2)15-31-22-25-24-21(32-22)23-20(27)13-26(33(3,28)29)18-9-11-19(12-10-18)30-14-17-7-5-4-6-8-17/h4-12,16H,13-15H2,1-3H3,(H,23,24,27). The molecule has 1 amide bonds. The molecule has 1 aromatic heterocycles. The van der Waals surface area contributed by atoms with Gasteiger partial charge in [-0.15, -0.1) is 10.2 Å². The highest BCUT2D eigenvalue weighted by Crippen LogP contribution is 2.27. The lowest BCUT2D eigenvalue weighted by atomic mass is 10.2. The van der Waals surface area contributed by atoms with Gasteiger partial charge in [0.25, 0.3) is 0 Å². The quantitative estimate of drug-likeness (QED) is 0.306. The first-order valence-electron chi connectivity index (χ1n) is 10.2. The van der Waals surface area contributed by atoms with Crippen LogP contribution in [0.15, 0.2) is 58.9 Å². The van der Waals surface area contributed by atoms with Gasteiger partial charge in [0.05, 0.1) is 11.9 Å². The van der Waals surface area contributed by atoms with E-state index >= 15 is 0 Å². The van der Waals surface area contributed by atoms with E-state index in [9.17, 15) is 13.2 Å². The van der Waals surface area contributed by atoms with E-state index in [0.29, 0.717) is 29.1 Å². The van der Waals surface area contributed by atoms with Gasteiger partial charge in [-0.1, -0.05) is 67.3 Å². The molecule has 3 rings (SSSR count). The molecule has 176 valence electrons. The summed E-state index contributed by atoms with van der Waals surface area (Å²) in [5.41, 5.74) is 1.39. The van der Waals surface area contributed by atoms with Crippen LogP contribution in [0.4, 0.5) is 10.8 Å². The Balaban J connectivity index is 1.62. The maximum Gasteiger partial charge on any atom is 0.246 e. The van der Waals surface area contributed by atoms with Crippen LogP contribution < -0.4 is 14.4 Å². The van der Waals surface area contributed by atoms with Crippen LogP contribution in [0.3, 0.4) is 0 Å². The van der Waals surface area contributed by atoms with Crippen molar-refractivity contribution in [2.24, 2.45) is 5.92 Å². The zero-order chi connectivity index (χ0) is 23.8. The van der Waals surface area contributed by atoms with Crippen LogP contribution in [0.2, 0.25) is 0 Å². The normalized spacial score (nSPS) is 11.4. The Hall–Kier alpha value is -2.63. The van der Waals surface area contributed by atoms with Gasteiger partial charge in [0.1, 0.15) is 18.9 Å². The van der Waals surface area contributed by atoms with Crippen molar-refractivity contribution in [3.8, 4) is 5.75 Å². The highest BCUT2D eigenvalue weighted by atomic mass is 32.2. The fourth-order valence-corrected chi connectivity index (χ4v) is 5.30. The number of sulfonamides is 1. The average Bonchev–Trinajstić information content (AvgIpc) is 3.22. The van der Waals surface area contributed by atoms with Crippen molar-refractivity contribution in [3.63, 3.8) is 0 Å². The smallest absolute Gasteiger partial charge is 0.246 e. The van der Waals surface area contributed by atoms with Crippen molar-refractivity contribution < 1.29 is 17.9 Å². The van der Waals surface area contributed by atoms with E-state index in [0.717, 1.165) is 26.2 Å². The van der Waals surface area contributed by atoms with E-state index in [1.807, 2.05) is 30.3 Å². The lowest BCUT2D eigenvalue weighted by Crippen LogP contribution is -2.37. The van der Waals surface area contributed by atoms with Gasteiger partial charge in [0, 0.05) is 5.75 Å². The summed E-state index contributed by atoms with van der Waals surface area (Å²) in [5, 5.41) is 11.0. The number of nitrogens with one attached hydrogen (secondary N) is 1. The molecule has 0 atom stereocenters. The Morgan fingerprint density at radius 3 is 2.45 bits per heavy atom. The second kappa shape index (κ2) is 11.5. The second-order valence-corrected chi connectivity index (χ2v) is 11.8. The molecule has 0 unspecified atom stereocenters. The predicted octanol–water partition coefficient (Wildman–Crippen LogP) is 4.27. The Morgan fingerprint density at radius 2 is 1.82 bits per heavy atom. The summed E-state index contributed by atoms with van der Waals surface area (Å²) in [7, 11) is -3.69. The summed E-state index contributed by atoms with van der Waals surface area (Å²) >= 11 is 2.83. The zero-order valence-electron chi connectivity index (χ0n) is 18.6. The van der Waals surface area contributed by atoms with Gasteiger partial charge in [-0.05, 0) is 35.7 Å². The van der Waals surface area contributed by atoms with Gasteiger partial charge in [0.15, 0.2) is 4.34 Å². The number of hydrogen-bond acceptors (Lipinski definition) is 8. The molecule has 0 radical (unpaired) electrons. The summed E-state index contributed by atoms with van der Waals surface area (Å²) < 4.78 is 32.3. The van der Waals surface area contributed by atoms with E-state index in [-0.39, 0.29) is 6.54 Å². The molecule has 1 N–H and O–H groups in total. The van der Waals surface area contributed by atoms with E-state index in [2.05, 4.69) is 29.4 Å². The third-order valence-corrected chi connectivity index (χ3v) is 7.79. The van der Waals surface area contributed by atoms with E-state index in [1.54, 1.807) is 36.0 Å². The highest BCUT2D eigenvalue weighted by molar-refractivity contribution is 8.01. The first-order valence-corrected chi connectivity index (χ1v) is 13.9. The Labute approximate surface area is 202 Å². The van der Waals surface area contributed by atoms with E-state index < -0.39 is 15.9 Å². The molecule has 33 heavy (non-hydrogen) atoms. The second-order valence-electron chi connectivity index (χ2n) is 7.66. The number of carbonyl (C=O) groups is 1. The summed E-state index contributed by atoms with van der Waals surface area (Å²) in [6, 6.07) is 16.3. The molecule has 0 spiro atoms. The molecular formula is C22H26N4O4S3. The predicted molar refractivity (Wildman–Crippen MR) is 134 cm³/mol. The molecule has 0 saturated heterocycles. The molecule has 0 aliphatic rings. The van der Waals surface area contributed by atoms with Crippen molar-refractivity contribution in [1.82, 2.24) is 10.2 Å². The van der Waals surface area contributed by atoms with Gasteiger partial charge >= 0.3 is 0 Å². The Bertz CT molecular complexity index is 1150. The number of aromatic nitrogens is 2. The molecule has 2 aromatic carbocycles. The molecule has 0 fully saturated rings. The first kappa shape index (κ1) is 25.0. The monoisotopic (exact) mass is 506 g/mol. The third kappa shape index (κ3) is 8.02. The lowest BCUT2D eigenvalue weighted by molar-refractivity contribution is -0.114. The maximum atomic E-state index is 12.5. The minimum atomic E-state index is -3.69. The van der Waals surface area contributed by atoms with Crippen molar-refractivity contribution in [3.05, 3.63) is 60.2 Å². The maximum absolute atomic E-state index is 12.5. The minimum absolute atomic E-state index is 0.337. The topological polar surface area (TPSA) is 101 Å². The van der Waals surface area contributed by atoms with Crippen LogP contribution in [0.25, 0.3) is 0 Å². The van der Waals surface area contributed by atoms with Gasteiger partial charge in [-0.3, -0.25) is 14.4 Å². The summed E-state index contributed by atoms with van der Waals surface area (Å²) in [5.74, 6) is 1.51. The van der Waals surface area contributed by atoms with Crippen molar-refractivity contribution in [2.75, 3.05) is 28.2 Å². The van der Waals surface area contributed by atoms with E-state index in [1.165, 1.54) is 11.3 Å². The molecule has 8 nitrogen and oxygen atoms in total. The fourth-order valence-electron chi connectivity index (χ4n) is 2.70. The number of ether oxygens (including phenoxy) is 1. The van der Waals surface area contributed by atoms with Crippen molar-refractivity contribution in [2.45, 2.75) is 24.8 Å². The zero-order valence-corrected chi connectivity index (χ0v) is 21.0. The van der Waals surface area contributed by atoms with Crippen molar-refractivity contribution in [1.29, 1.82) is 0 Å². The number of rotatable bonds is 11. The lowest BCUT2D eigenvalue weighted by Gasteiger charge is -2.21. The van der Waals surface area contributed by atoms with Gasteiger partial charge in [-0.2, -0.15) is 0 Å². The number of carbonyl (C=O) groups excluding carboxylic acids is 1. The molecule has 0 aliphatic heterocycles. The molecule has 0 bridgehead atoms. The molecule has 3 aromatic rings. The fraction of sp³-hybridized carbons (Fsp3) is 0.318. The summed E-state index contributed by atoms with van der Waals surface area (Å²) in [6.07, 6.45) is 1.06. The van der Waals surface area contributed by atoms with E-state index in [4.69, 9.17) is 4.74 Å². The SMILES string of the molecule is CC(C)CSc1nnc(NC(=O)CN(c2ccc(OCc3ccccc3)cc2)S(C)(=O)=O)s1. The largest absolute Gasteiger partial charge is 0.489 e. The number of thioether (sulfide) groups is 1. The average molecular weight is 507 g/mol. The van der Waals surface area contributed by atoms with Crippen LogP contribution in [-0.4, -0.2) is 43.1 Å². The third-order valence-electron chi connectivity index (χ3n) is 4.25. The summed E-state index contributed by atoms with van der Waals surface area (Å²) in [6.45, 7) is 4.24. The van der Waals surface area contributed by atoms with Gasteiger partial charge < -0.3 is 4.74 Å². The van der Waals surface area contributed by atoms with Gasteiger partial charge in [-0.25, -0.2) is 8.42 Å². The molecular weight excluding hydrogens is 480 g/mol. The minimum Gasteiger partial charge on any atom is -0.489 e. The molecule has 11 heteroatoms. The molecule has 0 aliphatic carbocycles. The number of anilines is 2. The number of benzene rings is 2. The highest BCUT2D eigenvalue weighted by Gasteiger charge is 2.22. The van der Waals surface area contributed by atoms with Gasteiger partial charge in [0.2, 0.25) is 21.1 Å². The van der Waals surface area contributed by atoms with Crippen LogP contribution in [-0.2, 0) is 21.4 Å². The van der Waals surface area contributed by atoms with Crippen molar-refractivity contribution >= 4 is 49.8 Å². The van der Waals surface area contributed by atoms with Crippen LogP contribution in [0, 0.1) is 5.92 Å². The molecule has 0 saturated carbocycles. The number of amides is 1. The number of nitrogens with zero attached hydrogens (tertiary/aromatic N) is 3.